The lowest BCUT2D eigenvalue weighted by Gasteiger charge is -2.21. The molecule has 2 aromatic rings. The van der Waals surface area contributed by atoms with Crippen LogP contribution in [0.4, 0.5) is 5.69 Å². The van der Waals surface area contributed by atoms with Crippen molar-refractivity contribution in [2.75, 3.05) is 5.73 Å². The molecule has 0 unspecified atom stereocenters. The molecule has 1 aromatic carbocycles. The van der Waals surface area contributed by atoms with Crippen molar-refractivity contribution in [1.29, 1.82) is 0 Å². The van der Waals surface area contributed by atoms with Crippen LogP contribution in [-0.4, -0.2) is 20.2 Å². The molecule has 106 valence electrons. The van der Waals surface area contributed by atoms with Gasteiger partial charge in [0.2, 0.25) is 0 Å². The van der Waals surface area contributed by atoms with Crippen molar-refractivity contribution in [2.45, 2.75) is 45.6 Å². The van der Waals surface area contributed by atoms with Crippen LogP contribution < -0.4 is 5.73 Å². The normalized spacial score (nSPS) is 16.4. The third kappa shape index (κ3) is 2.66. The molecule has 20 heavy (non-hydrogen) atoms. The molecule has 0 radical (unpaired) electrons. The van der Waals surface area contributed by atoms with E-state index in [0.29, 0.717) is 5.92 Å². The first kappa shape index (κ1) is 13.1. The smallest absolute Gasteiger partial charge is 0.182 e. The van der Waals surface area contributed by atoms with Crippen LogP contribution >= 0.6 is 0 Å². The monoisotopic (exact) mass is 271 g/mol. The molecule has 0 aliphatic heterocycles. The van der Waals surface area contributed by atoms with Crippen LogP contribution in [0.1, 0.15) is 37.7 Å². The average Bonchev–Trinajstić information content (AvgIpc) is 2.88. The SMILES string of the molecule is Cc1cc(N)ccc1-c1nnnn1CC1CCCCC1. The van der Waals surface area contributed by atoms with Crippen molar-refractivity contribution in [3.05, 3.63) is 23.8 Å². The lowest BCUT2D eigenvalue weighted by molar-refractivity contribution is 0.307. The number of tetrazole rings is 1. The highest BCUT2D eigenvalue weighted by Gasteiger charge is 2.18. The summed E-state index contributed by atoms with van der Waals surface area (Å²) in [6.45, 7) is 2.97. The fraction of sp³-hybridized carbons (Fsp3) is 0.533. The fourth-order valence-corrected chi connectivity index (χ4v) is 3.07. The van der Waals surface area contributed by atoms with E-state index in [4.69, 9.17) is 5.73 Å². The Morgan fingerprint density at radius 3 is 2.80 bits per heavy atom. The molecule has 5 nitrogen and oxygen atoms in total. The van der Waals surface area contributed by atoms with Crippen molar-refractivity contribution >= 4 is 5.69 Å². The van der Waals surface area contributed by atoms with Crippen LogP contribution in [0.5, 0.6) is 0 Å². The molecule has 1 fully saturated rings. The highest BCUT2D eigenvalue weighted by atomic mass is 15.5. The van der Waals surface area contributed by atoms with Gasteiger partial charge in [0.15, 0.2) is 5.82 Å². The van der Waals surface area contributed by atoms with Gasteiger partial charge in [-0.2, -0.15) is 0 Å². The Hall–Kier alpha value is -1.91. The minimum Gasteiger partial charge on any atom is -0.399 e. The molecule has 0 saturated heterocycles. The van der Waals surface area contributed by atoms with Gasteiger partial charge in [-0.15, -0.1) is 5.10 Å². The van der Waals surface area contributed by atoms with Crippen molar-refractivity contribution in [3.63, 3.8) is 0 Å². The fourth-order valence-electron chi connectivity index (χ4n) is 3.07. The molecule has 0 amide bonds. The molecule has 0 spiro atoms. The first-order valence-electron chi connectivity index (χ1n) is 7.36. The average molecular weight is 271 g/mol. The van der Waals surface area contributed by atoms with Crippen LogP contribution in [0.2, 0.25) is 0 Å². The van der Waals surface area contributed by atoms with Gasteiger partial charge in [0, 0.05) is 17.8 Å². The molecule has 1 aromatic heterocycles. The molecule has 1 saturated carbocycles. The second kappa shape index (κ2) is 5.61. The van der Waals surface area contributed by atoms with E-state index in [0.717, 1.165) is 29.2 Å². The summed E-state index contributed by atoms with van der Waals surface area (Å²) < 4.78 is 1.95. The van der Waals surface area contributed by atoms with Gasteiger partial charge < -0.3 is 5.73 Å². The van der Waals surface area contributed by atoms with Gasteiger partial charge in [-0.25, -0.2) is 4.68 Å². The zero-order valence-electron chi connectivity index (χ0n) is 11.9. The van der Waals surface area contributed by atoms with Gasteiger partial charge in [0.25, 0.3) is 0 Å². The number of aryl methyl sites for hydroxylation is 1. The van der Waals surface area contributed by atoms with Crippen LogP contribution in [0.15, 0.2) is 18.2 Å². The standard InChI is InChI=1S/C15H21N5/c1-11-9-13(16)7-8-14(11)15-17-18-19-20(15)10-12-5-3-2-4-6-12/h7-9,12H,2-6,10,16H2,1H3. The number of hydrogen-bond acceptors (Lipinski definition) is 4. The zero-order chi connectivity index (χ0) is 13.9. The molecule has 3 rings (SSSR count). The third-order valence-corrected chi connectivity index (χ3v) is 4.18. The van der Waals surface area contributed by atoms with Crippen LogP contribution in [0.3, 0.4) is 0 Å². The van der Waals surface area contributed by atoms with E-state index in [9.17, 15) is 0 Å². The van der Waals surface area contributed by atoms with E-state index in [-0.39, 0.29) is 0 Å². The Labute approximate surface area is 119 Å². The van der Waals surface area contributed by atoms with Gasteiger partial charge in [-0.05, 0) is 59.9 Å². The number of hydrogen-bond donors (Lipinski definition) is 1. The van der Waals surface area contributed by atoms with Gasteiger partial charge in [0.05, 0.1) is 0 Å². The summed E-state index contributed by atoms with van der Waals surface area (Å²) in [5, 5.41) is 12.2. The van der Waals surface area contributed by atoms with E-state index in [1.807, 2.05) is 29.8 Å². The molecular weight excluding hydrogens is 250 g/mol. The largest absolute Gasteiger partial charge is 0.399 e. The lowest BCUT2D eigenvalue weighted by atomic mass is 9.89. The number of nitrogens with zero attached hydrogens (tertiary/aromatic N) is 4. The molecule has 1 aliphatic rings. The van der Waals surface area contributed by atoms with Crippen molar-refractivity contribution in [2.24, 2.45) is 5.92 Å². The Bertz CT molecular complexity index is 584. The number of nitrogens with two attached hydrogens (primary N) is 1. The molecule has 1 aliphatic carbocycles. The second-order valence-corrected chi connectivity index (χ2v) is 5.76. The molecule has 1 heterocycles. The maximum Gasteiger partial charge on any atom is 0.182 e. The number of anilines is 1. The van der Waals surface area contributed by atoms with Crippen LogP contribution in [0, 0.1) is 12.8 Å². The molecule has 5 heteroatoms. The number of aromatic nitrogens is 4. The van der Waals surface area contributed by atoms with Crippen LogP contribution in [-0.2, 0) is 6.54 Å². The molecule has 0 atom stereocenters. The Morgan fingerprint density at radius 2 is 2.05 bits per heavy atom. The Balaban J connectivity index is 1.85. The maximum atomic E-state index is 5.81. The highest BCUT2D eigenvalue weighted by molar-refractivity contribution is 5.63. The minimum absolute atomic E-state index is 0.708. The summed E-state index contributed by atoms with van der Waals surface area (Å²) in [5.74, 6) is 1.56. The predicted octanol–water partition coefficient (Wildman–Crippen LogP) is 2.81. The lowest BCUT2D eigenvalue weighted by Crippen LogP contribution is -2.16. The summed E-state index contributed by atoms with van der Waals surface area (Å²) in [5.41, 5.74) is 8.77. The summed E-state index contributed by atoms with van der Waals surface area (Å²) >= 11 is 0. The third-order valence-electron chi connectivity index (χ3n) is 4.18. The van der Waals surface area contributed by atoms with E-state index < -0.39 is 0 Å². The van der Waals surface area contributed by atoms with Crippen LogP contribution in [0.25, 0.3) is 11.4 Å². The Kier molecular flexibility index (Phi) is 3.67. The topological polar surface area (TPSA) is 69.6 Å². The van der Waals surface area contributed by atoms with Gasteiger partial charge in [0.1, 0.15) is 0 Å². The minimum atomic E-state index is 0.708. The van der Waals surface area contributed by atoms with Gasteiger partial charge in [-0.1, -0.05) is 19.3 Å². The zero-order valence-corrected chi connectivity index (χ0v) is 11.9. The van der Waals surface area contributed by atoms with Crippen molar-refractivity contribution in [1.82, 2.24) is 20.2 Å². The van der Waals surface area contributed by atoms with Crippen molar-refractivity contribution < 1.29 is 0 Å². The maximum absolute atomic E-state index is 5.81. The number of benzene rings is 1. The Morgan fingerprint density at radius 1 is 1.25 bits per heavy atom. The number of nitrogen functional groups attached to an aromatic ring is 1. The molecule has 0 bridgehead atoms. The molecular formula is C15H21N5. The first-order chi connectivity index (χ1) is 9.74. The summed E-state index contributed by atoms with van der Waals surface area (Å²) in [6.07, 6.45) is 6.63. The first-order valence-corrected chi connectivity index (χ1v) is 7.36. The van der Waals surface area contributed by atoms with E-state index in [1.165, 1.54) is 32.1 Å². The molecule has 2 N–H and O–H groups in total. The quantitative estimate of drug-likeness (QED) is 0.871. The van der Waals surface area contributed by atoms with E-state index >= 15 is 0 Å². The summed E-state index contributed by atoms with van der Waals surface area (Å²) in [6, 6.07) is 5.88. The van der Waals surface area contributed by atoms with Gasteiger partial charge >= 0.3 is 0 Å². The summed E-state index contributed by atoms with van der Waals surface area (Å²) in [4.78, 5) is 0. The van der Waals surface area contributed by atoms with Crippen molar-refractivity contribution in [3.8, 4) is 11.4 Å². The van der Waals surface area contributed by atoms with Gasteiger partial charge in [-0.3, -0.25) is 0 Å². The van der Waals surface area contributed by atoms with E-state index in [1.54, 1.807) is 0 Å². The summed E-state index contributed by atoms with van der Waals surface area (Å²) in [7, 11) is 0. The number of rotatable bonds is 3. The second-order valence-electron chi connectivity index (χ2n) is 5.76. The predicted molar refractivity (Wildman–Crippen MR) is 79.0 cm³/mol. The van der Waals surface area contributed by atoms with E-state index in [2.05, 4.69) is 15.5 Å². The highest BCUT2D eigenvalue weighted by Crippen LogP contribution is 2.27.